The highest BCUT2D eigenvalue weighted by Crippen LogP contribution is 2.40. The number of morpholine rings is 1. The molecule has 2 heterocycles. The normalized spacial score (nSPS) is 18.9. The quantitative estimate of drug-likeness (QED) is 0.122. The number of Topliss-reactive ketones (excluding diaryl/α,β-unsaturated/α-hetero) is 1. The van der Waals surface area contributed by atoms with E-state index in [1.165, 1.54) is 0 Å². The number of amides is 1. The number of hydrogen-bond donors (Lipinski definition) is 1. The summed E-state index contributed by atoms with van der Waals surface area (Å²) in [6.45, 7) is 11.8. The van der Waals surface area contributed by atoms with Crippen LogP contribution < -0.4 is 9.47 Å². The molecule has 2 fully saturated rings. The van der Waals surface area contributed by atoms with E-state index in [0.29, 0.717) is 50.7 Å². The topological polar surface area (TPSA) is 88.5 Å². The zero-order valence-electron chi connectivity index (χ0n) is 25.4. The first kappa shape index (κ1) is 31.6. The molecule has 2 saturated heterocycles. The lowest BCUT2D eigenvalue weighted by atomic mass is 9.93. The van der Waals surface area contributed by atoms with Crippen LogP contribution in [0.5, 0.6) is 11.5 Å². The number of ketones is 1. The van der Waals surface area contributed by atoms with E-state index < -0.39 is 17.7 Å². The van der Waals surface area contributed by atoms with Crippen molar-refractivity contribution in [2.24, 2.45) is 0 Å². The second-order valence-electron chi connectivity index (χ2n) is 11.1. The van der Waals surface area contributed by atoms with Crippen LogP contribution in [-0.4, -0.2) is 79.2 Å². The summed E-state index contributed by atoms with van der Waals surface area (Å²) in [7, 11) is 0. The zero-order valence-corrected chi connectivity index (χ0v) is 25.4. The Morgan fingerprint density at radius 2 is 1.55 bits per heavy atom. The van der Waals surface area contributed by atoms with Gasteiger partial charge < -0.3 is 24.2 Å². The molecule has 8 heteroatoms. The van der Waals surface area contributed by atoms with E-state index in [2.05, 4.69) is 18.7 Å². The van der Waals surface area contributed by atoms with Crippen molar-refractivity contribution in [3.8, 4) is 11.5 Å². The molecule has 1 N–H and O–H groups in total. The highest BCUT2D eigenvalue weighted by Gasteiger charge is 2.46. The third-order valence-corrected chi connectivity index (χ3v) is 7.95. The van der Waals surface area contributed by atoms with E-state index in [1.807, 2.05) is 37.3 Å². The minimum absolute atomic E-state index is 0.116. The molecular formula is C34H46N2O6. The summed E-state index contributed by atoms with van der Waals surface area (Å²) in [6.07, 6.45) is 5.94. The summed E-state index contributed by atoms with van der Waals surface area (Å²) < 4.78 is 17.2. The summed E-state index contributed by atoms with van der Waals surface area (Å²) in [5, 5.41) is 11.6. The van der Waals surface area contributed by atoms with Crippen molar-refractivity contribution < 1.29 is 28.9 Å². The fourth-order valence-electron chi connectivity index (χ4n) is 5.51. The fraction of sp³-hybridized carbons (Fsp3) is 0.529. The van der Waals surface area contributed by atoms with Gasteiger partial charge in [0.15, 0.2) is 0 Å². The molecular weight excluding hydrogens is 532 g/mol. The molecule has 228 valence electrons. The molecule has 2 aliphatic rings. The number of aliphatic hydroxyl groups is 1. The summed E-state index contributed by atoms with van der Waals surface area (Å²) in [6, 6.07) is 12.3. The van der Waals surface area contributed by atoms with E-state index in [-0.39, 0.29) is 11.3 Å². The van der Waals surface area contributed by atoms with Crippen LogP contribution in [0, 0.1) is 6.92 Å². The maximum absolute atomic E-state index is 13.5. The number of ether oxygens (including phenoxy) is 3. The van der Waals surface area contributed by atoms with Gasteiger partial charge in [0.1, 0.15) is 17.3 Å². The first-order valence-electron chi connectivity index (χ1n) is 15.5. The van der Waals surface area contributed by atoms with Crippen LogP contribution in [0.25, 0.3) is 5.76 Å². The maximum Gasteiger partial charge on any atom is 0.295 e. The van der Waals surface area contributed by atoms with Crippen LogP contribution in [0.1, 0.15) is 75.1 Å². The van der Waals surface area contributed by atoms with E-state index in [1.54, 1.807) is 17.0 Å². The van der Waals surface area contributed by atoms with Crippen LogP contribution in [0.15, 0.2) is 48.0 Å². The lowest BCUT2D eigenvalue weighted by Crippen LogP contribution is -2.38. The number of carbonyl (C=O) groups is 2. The molecule has 4 rings (SSSR count). The summed E-state index contributed by atoms with van der Waals surface area (Å²) in [5.74, 6) is 0.0549. The lowest BCUT2D eigenvalue weighted by molar-refractivity contribution is -0.140. The molecule has 2 aliphatic heterocycles. The smallest absolute Gasteiger partial charge is 0.295 e. The van der Waals surface area contributed by atoms with Gasteiger partial charge in [0, 0.05) is 31.7 Å². The number of hydrogen-bond acceptors (Lipinski definition) is 7. The molecule has 8 nitrogen and oxygen atoms in total. The molecule has 0 spiro atoms. The van der Waals surface area contributed by atoms with E-state index in [0.717, 1.165) is 68.6 Å². The summed E-state index contributed by atoms with van der Waals surface area (Å²) in [5.41, 5.74) is 2.17. The second-order valence-corrected chi connectivity index (χ2v) is 11.1. The Hall–Kier alpha value is -3.36. The Labute approximate surface area is 250 Å². The van der Waals surface area contributed by atoms with Crippen molar-refractivity contribution in [1.82, 2.24) is 9.80 Å². The van der Waals surface area contributed by atoms with Gasteiger partial charge in [0.25, 0.3) is 11.7 Å². The average Bonchev–Trinajstić information content (AvgIpc) is 3.25. The maximum atomic E-state index is 13.5. The van der Waals surface area contributed by atoms with Crippen molar-refractivity contribution in [3.63, 3.8) is 0 Å². The van der Waals surface area contributed by atoms with Crippen LogP contribution in [0.4, 0.5) is 0 Å². The van der Waals surface area contributed by atoms with Gasteiger partial charge in [-0.25, -0.2) is 0 Å². The van der Waals surface area contributed by atoms with Gasteiger partial charge in [-0.3, -0.25) is 14.5 Å². The van der Waals surface area contributed by atoms with Crippen LogP contribution in [0.3, 0.4) is 0 Å². The van der Waals surface area contributed by atoms with Crippen LogP contribution >= 0.6 is 0 Å². The fourth-order valence-corrected chi connectivity index (χ4v) is 5.51. The van der Waals surface area contributed by atoms with Crippen molar-refractivity contribution >= 4 is 17.4 Å². The van der Waals surface area contributed by atoms with Gasteiger partial charge in [0.2, 0.25) is 0 Å². The Balaban J connectivity index is 1.62. The van der Waals surface area contributed by atoms with E-state index >= 15 is 0 Å². The van der Waals surface area contributed by atoms with Gasteiger partial charge in [0.05, 0.1) is 38.0 Å². The SMILES string of the molecule is CCCCCOc1ccc(C2/C(=C(\O)c3ccc(OCCCC)cc3C)C(=O)C(=O)N2CCCN2CCOCC2)cc1. The molecule has 0 radical (unpaired) electrons. The molecule has 2 aromatic carbocycles. The number of aliphatic hydroxyl groups excluding tert-OH is 1. The molecule has 0 aliphatic carbocycles. The summed E-state index contributed by atoms with van der Waals surface area (Å²) >= 11 is 0. The van der Waals surface area contributed by atoms with Crippen molar-refractivity contribution in [2.45, 2.75) is 65.3 Å². The molecule has 1 amide bonds. The number of rotatable bonds is 15. The highest BCUT2D eigenvalue weighted by atomic mass is 16.5. The molecule has 2 aromatic rings. The van der Waals surface area contributed by atoms with E-state index in [4.69, 9.17) is 14.2 Å². The number of likely N-dealkylation sites (tertiary alicyclic amines) is 1. The Morgan fingerprint density at radius 1 is 0.881 bits per heavy atom. The molecule has 1 atom stereocenters. The minimum atomic E-state index is -0.691. The van der Waals surface area contributed by atoms with Gasteiger partial charge in [-0.2, -0.15) is 0 Å². The van der Waals surface area contributed by atoms with Crippen molar-refractivity contribution in [2.75, 3.05) is 52.6 Å². The van der Waals surface area contributed by atoms with Crippen LogP contribution in [-0.2, 0) is 14.3 Å². The standard InChI is InChI=1S/C34H46N2O6/c1-4-6-8-21-41-27-12-10-26(11-13-27)31-30(32(37)29-15-14-28(24-25(29)3)42-20-7-5-2)33(38)34(39)36(31)17-9-16-35-18-22-40-23-19-35/h10-15,24,31,37H,4-9,16-23H2,1-3H3/b32-30+. The number of aryl methyl sites for hydroxylation is 1. The Morgan fingerprint density at radius 3 is 2.24 bits per heavy atom. The van der Waals surface area contributed by atoms with Gasteiger partial charge >= 0.3 is 0 Å². The number of benzene rings is 2. The Kier molecular flexibility index (Phi) is 11.8. The lowest BCUT2D eigenvalue weighted by Gasteiger charge is -2.29. The van der Waals surface area contributed by atoms with E-state index in [9.17, 15) is 14.7 Å². The molecule has 0 aromatic heterocycles. The van der Waals surface area contributed by atoms with Crippen molar-refractivity contribution in [3.05, 3.63) is 64.7 Å². The number of nitrogens with zero attached hydrogens (tertiary/aromatic N) is 2. The van der Waals surface area contributed by atoms with Gasteiger partial charge in [-0.05, 0) is 67.6 Å². The summed E-state index contributed by atoms with van der Waals surface area (Å²) in [4.78, 5) is 30.9. The molecule has 0 bridgehead atoms. The van der Waals surface area contributed by atoms with Gasteiger partial charge in [-0.1, -0.05) is 45.2 Å². The average molecular weight is 579 g/mol. The monoisotopic (exact) mass is 578 g/mol. The largest absolute Gasteiger partial charge is 0.507 e. The number of unbranched alkanes of at least 4 members (excludes halogenated alkanes) is 3. The third kappa shape index (κ3) is 7.92. The number of carbonyl (C=O) groups excluding carboxylic acids is 2. The first-order valence-corrected chi connectivity index (χ1v) is 15.5. The zero-order chi connectivity index (χ0) is 29.9. The minimum Gasteiger partial charge on any atom is -0.507 e. The molecule has 1 unspecified atom stereocenters. The predicted octanol–water partition coefficient (Wildman–Crippen LogP) is 5.89. The van der Waals surface area contributed by atoms with Crippen molar-refractivity contribution in [1.29, 1.82) is 0 Å². The first-order chi connectivity index (χ1) is 20.4. The predicted molar refractivity (Wildman–Crippen MR) is 164 cm³/mol. The molecule has 0 saturated carbocycles. The third-order valence-electron chi connectivity index (χ3n) is 7.95. The second kappa shape index (κ2) is 15.8. The Bertz CT molecular complexity index is 1220. The highest BCUT2D eigenvalue weighted by molar-refractivity contribution is 6.46. The van der Waals surface area contributed by atoms with Crippen LogP contribution in [0.2, 0.25) is 0 Å². The van der Waals surface area contributed by atoms with Gasteiger partial charge in [-0.15, -0.1) is 0 Å². The molecule has 42 heavy (non-hydrogen) atoms.